The second-order valence-electron chi connectivity index (χ2n) is 5.89. The smallest absolute Gasteiger partial charge is 0.226 e. The van der Waals surface area contributed by atoms with Gasteiger partial charge in [0.05, 0.1) is 17.7 Å². The summed E-state index contributed by atoms with van der Waals surface area (Å²) in [6.07, 6.45) is 9.59. The zero-order valence-electron chi connectivity index (χ0n) is 13.2. The lowest BCUT2D eigenvalue weighted by Gasteiger charge is -2.07. The van der Waals surface area contributed by atoms with Crippen molar-refractivity contribution in [3.05, 3.63) is 11.1 Å². The van der Waals surface area contributed by atoms with Gasteiger partial charge in [-0.3, -0.25) is 9.59 Å². The molecule has 0 saturated carbocycles. The van der Waals surface area contributed by atoms with Gasteiger partial charge >= 0.3 is 0 Å². The molecule has 1 N–H and O–H groups in total. The van der Waals surface area contributed by atoms with Crippen LogP contribution in [0.5, 0.6) is 0 Å². The number of Topliss-reactive ketones (excluding diaryl/α,β-unsaturated/α-hetero) is 1. The van der Waals surface area contributed by atoms with Crippen molar-refractivity contribution in [2.75, 3.05) is 18.5 Å². The Morgan fingerprint density at radius 3 is 2.96 bits per heavy atom. The second kappa shape index (κ2) is 7.20. The Balaban J connectivity index is 1.47. The van der Waals surface area contributed by atoms with Crippen LogP contribution in [0, 0.1) is 18.3 Å². The first-order valence-electron chi connectivity index (χ1n) is 7.87. The summed E-state index contributed by atoms with van der Waals surface area (Å²) in [6, 6.07) is 0. The molecule has 0 bridgehead atoms. The van der Waals surface area contributed by atoms with Crippen molar-refractivity contribution in [3.63, 3.8) is 0 Å². The zero-order valence-corrected chi connectivity index (χ0v) is 14.0. The number of nitrogens with zero attached hydrogens (tertiary/aromatic N) is 3. The van der Waals surface area contributed by atoms with Crippen LogP contribution in [0.15, 0.2) is 16.4 Å². The lowest BCUT2D eigenvalue weighted by atomic mass is 10.0. The molecular formula is C16H18N4O3S. The molecule has 7 nitrogen and oxygen atoms in total. The number of nitrogens with one attached hydrogen (secondary N) is 1. The SMILES string of the molecule is C#CCCC1(CCC(=O)Nc2ncc(C(=O)C3CCOC3)s2)N=N1. The molecule has 0 aliphatic carbocycles. The van der Waals surface area contributed by atoms with Crippen molar-refractivity contribution >= 4 is 28.2 Å². The molecular weight excluding hydrogens is 328 g/mol. The molecule has 126 valence electrons. The highest BCUT2D eigenvalue weighted by Gasteiger charge is 2.39. The minimum absolute atomic E-state index is 0.0364. The average Bonchev–Trinajstić information content (AvgIpc) is 2.99. The van der Waals surface area contributed by atoms with Crippen molar-refractivity contribution in [1.82, 2.24) is 4.98 Å². The number of ether oxygens (including phenoxy) is 1. The van der Waals surface area contributed by atoms with Crippen LogP contribution in [0.25, 0.3) is 0 Å². The fourth-order valence-corrected chi connectivity index (χ4v) is 3.40. The van der Waals surface area contributed by atoms with Gasteiger partial charge in [0.25, 0.3) is 0 Å². The molecule has 0 spiro atoms. The van der Waals surface area contributed by atoms with Crippen molar-refractivity contribution in [1.29, 1.82) is 0 Å². The molecule has 1 atom stereocenters. The molecule has 0 radical (unpaired) electrons. The van der Waals surface area contributed by atoms with Gasteiger partial charge in [-0.25, -0.2) is 4.98 Å². The number of hydrogen-bond donors (Lipinski definition) is 1. The van der Waals surface area contributed by atoms with Gasteiger partial charge in [-0.15, -0.1) is 12.3 Å². The lowest BCUT2D eigenvalue weighted by Crippen LogP contribution is -2.17. The van der Waals surface area contributed by atoms with Gasteiger partial charge in [0.2, 0.25) is 5.91 Å². The number of carbonyl (C=O) groups excluding carboxylic acids is 2. The molecule has 0 aromatic carbocycles. The number of terminal acetylenes is 1. The quantitative estimate of drug-likeness (QED) is 0.578. The maximum atomic E-state index is 12.2. The molecule has 1 aromatic heterocycles. The number of thiazole rings is 1. The van der Waals surface area contributed by atoms with E-state index in [9.17, 15) is 9.59 Å². The van der Waals surface area contributed by atoms with Crippen LogP contribution in [-0.2, 0) is 9.53 Å². The molecule has 2 aliphatic heterocycles. The Morgan fingerprint density at radius 2 is 2.29 bits per heavy atom. The third-order valence-corrected chi connectivity index (χ3v) is 5.03. The first-order valence-corrected chi connectivity index (χ1v) is 8.69. The Hall–Kier alpha value is -2.11. The van der Waals surface area contributed by atoms with Crippen LogP contribution < -0.4 is 5.32 Å². The highest BCUT2D eigenvalue weighted by molar-refractivity contribution is 7.17. The van der Waals surface area contributed by atoms with Crippen LogP contribution in [0.1, 0.15) is 41.8 Å². The minimum Gasteiger partial charge on any atom is -0.381 e. The van der Waals surface area contributed by atoms with E-state index in [2.05, 4.69) is 26.4 Å². The Labute approximate surface area is 143 Å². The molecule has 1 aromatic rings. The average molecular weight is 346 g/mol. The van der Waals surface area contributed by atoms with Crippen molar-refractivity contribution in [2.45, 2.75) is 37.8 Å². The topological polar surface area (TPSA) is 93.0 Å². The molecule has 1 saturated heterocycles. The second-order valence-corrected chi connectivity index (χ2v) is 6.92. The first kappa shape index (κ1) is 16.7. The number of amides is 1. The number of ketones is 1. The minimum atomic E-state index is -0.462. The first-order chi connectivity index (χ1) is 11.6. The number of anilines is 1. The third kappa shape index (κ3) is 4.04. The van der Waals surface area contributed by atoms with E-state index in [0.29, 0.717) is 42.5 Å². The fourth-order valence-electron chi connectivity index (χ4n) is 2.55. The molecule has 8 heteroatoms. The van der Waals surface area contributed by atoms with E-state index < -0.39 is 5.66 Å². The summed E-state index contributed by atoms with van der Waals surface area (Å²) in [5.41, 5.74) is -0.462. The third-order valence-electron chi connectivity index (χ3n) is 4.10. The maximum Gasteiger partial charge on any atom is 0.226 e. The molecule has 24 heavy (non-hydrogen) atoms. The van der Waals surface area contributed by atoms with Crippen LogP contribution in [0.4, 0.5) is 5.13 Å². The van der Waals surface area contributed by atoms with Crippen LogP contribution in [-0.4, -0.2) is 35.6 Å². The van der Waals surface area contributed by atoms with E-state index in [0.717, 1.165) is 6.42 Å². The lowest BCUT2D eigenvalue weighted by molar-refractivity contribution is -0.116. The fraction of sp³-hybridized carbons (Fsp3) is 0.562. The summed E-state index contributed by atoms with van der Waals surface area (Å²) in [5, 5.41) is 11.2. The van der Waals surface area contributed by atoms with E-state index in [1.54, 1.807) is 0 Å². The summed E-state index contributed by atoms with van der Waals surface area (Å²) >= 11 is 1.20. The molecule has 1 amide bonds. The monoisotopic (exact) mass is 346 g/mol. The van der Waals surface area contributed by atoms with Gasteiger partial charge < -0.3 is 10.1 Å². The standard InChI is InChI=1S/C16H18N4O3S/c1-2-3-6-16(19-20-16)7-4-13(21)18-15-17-9-12(24-15)14(22)11-5-8-23-10-11/h1,9,11H,3-8,10H2,(H,17,18,21). The van der Waals surface area contributed by atoms with Gasteiger partial charge in [-0.05, 0) is 6.42 Å². The van der Waals surface area contributed by atoms with Crippen molar-refractivity contribution in [2.24, 2.45) is 16.1 Å². The predicted octanol–water partition coefficient (Wildman–Crippen LogP) is 2.66. The van der Waals surface area contributed by atoms with Crippen molar-refractivity contribution < 1.29 is 14.3 Å². The number of carbonyl (C=O) groups is 2. The summed E-state index contributed by atoms with van der Waals surface area (Å²) in [6.45, 7) is 1.08. The summed E-state index contributed by atoms with van der Waals surface area (Å²) in [7, 11) is 0. The molecule has 1 unspecified atom stereocenters. The highest BCUT2D eigenvalue weighted by atomic mass is 32.1. The van der Waals surface area contributed by atoms with Gasteiger partial charge in [0.15, 0.2) is 16.6 Å². The largest absolute Gasteiger partial charge is 0.381 e. The van der Waals surface area contributed by atoms with Crippen LogP contribution in [0.2, 0.25) is 0 Å². The van der Waals surface area contributed by atoms with E-state index >= 15 is 0 Å². The molecule has 1 fully saturated rings. The van der Waals surface area contributed by atoms with E-state index in [1.807, 2.05) is 0 Å². The predicted molar refractivity (Wildman–Crippen MR) is 88.9 cm³/mol. The van der Waals surface area contributed by atoms with Gasteiger partial charge in [-0.1, -0.05) is 11.3 Å². The van der Waals surface area contributed by atoms with E-state index in [4.69, 9.17) is 11.2 Å². The Kier molecular flexibility index (Phi) is 5.02. The summed E-state index contributed by atoms with van der Waals surface area (Å²) in [5.74, 6) is 2.34. The van der Waals surface area contributed by atoms with Gasteiger partial charge in [0, 0.05) is 38.2 Å². The van der Waals surface area contributed by atoms with Gasteiger partial charge in [-0.2, -0.15) is 10.2 Å². The molecule has 3 rings (SSSR count). The van der Waals surface area contributed by atoms with E-state index in [1.165, 1.54) is 17.5 Å². The zero-order chi connectivity index (χ0) is 17.0. The van der Waals surface area contributed by atoms with Crippen molar-refractivity contribution in [3.8, 4) is 12.3 Å². The normalized spacial score (nSPS) is 20.5. The summed E-state index contributed by atoms with van der Waals surface area (Å²) < 4.78 is 5.23. The Bertz CT molecular complexity index is 694. The van der Waals surface area contributed by atoms with E-state index in [-0.39, 0.29) is 24.0 Å². The number of rotatable bonds is 8. The van der Waals surface area contributed by atoms with Crippen LogP contribution in [0.3, 0.4) is 0 Å². The number of hydrogen-bond acceptors (Lipinski definition) is 7. The summed E-state index contributed by atoms with van der Waals surface area (Å²) in [4.78, 5) is 28.9. The van der Waals surface area contributed by atoms with Crippen LogP contribution >= 0.6 is 11.3 Å². The highest BCUT2D eigenvalue weighted by Crippen LogP contribution is 2.37. The van der Waals surface area contributed by atoms with Gasteiger partial charge in [0.1, 0.15) is 0 Å². The Morgan fingerprint density at radius 1 is 1.46 bits per heavy atom. The maximum absolute atomic E-state index is 12.2. The number of aromatic nitrogens is 1. The molecule has 3 heterocycles. The molecule has 2 aliphatic rings.